The maximum absolute atomic E-state index is 5.47. The predicted molar refractivity (Wildman–Crippen MR) is 62.6 cm³/mol. The van der Waals surface area contributed by atoms with Gasteiger partial charge in [-0.05, 0) is 52.1 Å². The van der Waals surface area contributed by atoms with E-state index in [0.29, 0.717) is 6.10 Å². The number of rotatable bonds is 9. The molecule has 0 aromatic rings. The molecule has 0 rings (SSSR count). The van der Waals surface area contributed by atoms with E-state index in [1.54, 1.807) is 0 Å². The summed E-state index contributed by atoms with van der Waals surface area (Å²) in [5.41, 5.74) is 0. The standard InChI is InChI=1S/C12H27NO/c1-11(2)10-13-8-6-5-7-9-14-12(3)4/h11-13H,5-10H2,1-4H3. The molecule has 0 aliphatic rings. The zero-order chi connectivity index (χ0) is 10.8. The van der Waals surface area contributed by atoms with Crippen molar-refractivity contribution in [2.45, 2.75) is 53.1 Å². The first-order chi connectivity index (χ1) is 6.63. The minimum absolute atomic E-state index is 0.383. The second-order valence-electron chi connectivity index (χ2n) is 4.58. The Kier molecular flexibility index (Phi) is 9.42. The minimum Gasteiger partial charge on any atom is -0.379 e. The van der Waals surface area contributed by atoms with Crippen molar-refractivity contribution in [1.29, 1.82) is 0 Å². The Bertz CT molecular complexity index is 98.9. The molecule has 14 heavy (non-hydrogen) atoms. The third-order valence-electron chi connectivity index (χ3n) is 2.00. The highest BCUT2D eigenvalue weighted by atomic mass is 16.5. The molecule has 0 heterocycles. The second-order valence-corrected chi connectivity index (χ2v) is 4.58. The molecule has 1 N–H and O–H groups in total. The molecule has 0 bridgehead atoms. The van der Waals surface area contributed by atoms with E-state index in [2.05, 4.69) is 33.0 Å². The molecule has 0 aromatic carbocycles. The SMILES string of the molecule is CC(C)CNCCCCCOC(C)C. The molecule has 0 fully saturated rings. The highest BCUT2D eigenvalue weighted by molar-refractivity contribution is 4.51. The summed E-state index contributed by atoms with van der Waals surface area (Å²) in [6, 6.07) is 0. The Morgan fingerprint density at radius 1 is 1.00 bits per heavy atom. The Hall–Kier alpha value is -0.0800. The summed E-state index contributed by atoms with van der Waals surface area (Å²) in [7, 11) is 0. The van der Waals surface area contributed by atoms with Crippen LogP contribution in [0.5, 0.6) is 0 Å². The van der Waals surface area contributed by atoms with E-state index in [-0.39, 0.29) is 0 Å². The molecule has 0 aliphatic heterocycles. The highest BCUT2D eigenvalue weighted by Crippen LogP contribution is 1.97. The van der Waals surface area contributed by atoms with Crippen LogP contribution in [0.2, 0.25) is 0 Å². The van der Waals surface area contributed by atoms with Gasteiger partial charge in [-0.1, -0.05) is 13.8 Å². The molecule has 0 radical (unpaired) electrons. The molecule has 0 amide bonds. The summed E-state index contributed by atoms with van der Waals surface area (Å²) in [5, 5.41) is 3.44. The summed E-state index contributed by atoms with van der Waals surface area (Å²) in [6.07, 6.45) is 4.13. The van der Waals surface area contributed by atoms with Crippen molar-refractivity contribution in [2.24, 2.45) is 5.92 Å². The average Bonchev–Trinajstić information content (AvgIpc) is 2.08. The monoisotopic (exact) mass is 201 g/mol. The van der Waals surface area contributed by atoms with Crippen LogP contribution in [0, 0.1) is 5.92 Å². The van der Waals surface area contributed by atoms with Crippen molar-refractivity contribution >= 4 is 0 Å². The number of nitrogens with one attached hydrogen (secondary N) is 1. The van der Waals surface area contributed by atoms with Gasteiger partial charge < -0.3 is 10.1 Å². The van der Waals surface area contributed by atoms with Gasteiger partial charge in [0.05, 0.1) is 6.10 Å². The molecule has 0 atom stereocenters. The van der Waals surface area contributed by atoms with Crippen LogP contribution in [0.3, 0.4) is 0 Å². The first-order valence-electron chi connectivity index (χ1n) is 5.95. The molecular weight excluding hydrogens is 174 g/mol. The van der Waals surface area contributed by atoms with Gasteiger partial charge in [-0.2, -0.15) is 0 Å². The molecule has 2 nitrogen and oxygen atoms in total. The van der Waals surface area contributed by atoms with Crippen LogP contribution in [-0.4, -0.2) is 25.8 Å². The Morgan fingerprint density at radius 2 is 1.71 bits per heavy atom. The van der Waals surface area contributed by atoms with Crippen LogP contribution < -0.4 is 5.32 Å². The lowest BCUT2D eigenvalue weighted by Crippen LogP contribution is -2.20. The van der Waals surface area contributed by atoms with Gasteiger partial charge in [0, 0.05) is 6.61 Å². The molecule has 86 valence electrons. The van der Waals surface area contributed by atoms with E-state index in [0.717, 1.165) is 25.6 Å². The van der Waals surface area contributed by atoms with Crippen LogP contribution in [0.4, 0.5) is 0 Å². The lowest BCUT2D eigenvalue weighted by Gasteiger charge is -2.08. The Balaban J connectivity index is 2.92. The highest BCUT2D eigenvalue weighted by Gasteiger charge is 1.94. The third kappa shape index (κ3) is 11.9. The minimum atomic E-state index is 0.383. The quantitative estimate of drug-likeness (QED) is 0.579. The Labute approximate surface area is 89.4 Å². The van der Waals surface area contributed by atoms with Crippen LogP contribution in [-0.2, 0) is 4.74 Å². The lowest BCUT2D eigenvalue weighted by molar-refractivity contribution is 0.0758. The van der Waals surface area contributed by atoms with Crippen LogP contribution in [0.25, 0.3) is 0 Å². The van der Waals surface area contributed by atoms with E-state index >= 15 is 0 Å². The maximum Gasteiger partial charge on any atom is 0.0518 e. The van der Waals surface area contributed by atoms with Crippen molar-refractivity contribution in [2.75, 3.05) is 19.7 Å². The molecule has 0 aromatic heterocycles. The Morgan fingerprint density at radius 3 is 2.29 bits per heavy atom. The van der Waals surface area contributed by atoms with Crippen LogP contribution >= 0.6 is 0 Å². The van der Waals surface area contributed by atoms with Crippen molar-refractivity contribution in [1.82, 2.24) is 5.32 Å². The molecule has 0 saturated heterocycles. The lowest BCUT2D eigenvalue weighted by atomic mass is 10.2. The van der Waals surface area contributed by atoms with Gasteiger partial charge in [-0.15, -0.1) is 0 Å². The number of unbranched alkanes of at least 4 members (excludes halogenated alkanes) is 2. The largest absolute Gasteiger partial charge is 0.379 e. The van der Waals surface area contributed by atoms with Gasteiger partial charge in [0.25, 0.3) is 0 Å². The summed E-state index contributed by atoms with van der Waals surface area (Å²) >= 11 is 0. The fourth-order valence-electron chi connectivity index (χ4n) is 1.24. The van der Waals surface area contributed by atoms with E-state index in [1.165, 1.54) is 19.3 Å². The van der Waals surface area contributed by atoms with Gasteiger partial charge in [0.15, 0.2) is 0 Å². The van der Waals surface area contributed by atoms with Gasteiger partial charge in [0.1, 0.15) is 0 Å². The van der Waals surface area contributed by atoms with Crippen LogP contribution in [0.1, 0.15) is 47.0 Å². The van der Waals surface area contributed by atoms with Crippen LogP contribution in [0.15, 0.2) is 0 Å². The molecule has 2 heteroatoms. The molecule has 0 spiro atoms. The summed E-state index contributed by atoms with van der Waals surface area (Å²) in [5.74, 6) is 0.763. The van der Waals surface area contributed by atoms with Crippen molar-refractivity contribution in [3.8, 4) is 0 Å². The number of ether oxygens (including phenoxy) is 1. The van der Waals surface area contributed by atoms with Crippen molar-refractivity contribution in [3.63, 3.8) is 0 Å². The summed E-state index contributed by atoms with van der Waals surface area (Å²) < 4.78 is 5.47. The fraction of sp³-hybridized carbons (Fsp3) is 1.00. The number of hydrogen-bond acceptors (Lipinski definition) is 2. The van der Waals surface area contributed by atoms with Gasteiger partial charge in [-0.25, -0.2) is 0 Å². The maximum atomic E-state index is 5.47. The third-order valence-corrected chi connectivity index (χ3v) is 2.00. The average molecular weight is 201 g/mol. The molecule has 0 aliphatic carbocycles. The van der Waals surface area contributed by atoms with E-state index in [4.69, 9.17) is 4.74 Å². The predicted octanol–water partition coefficient (Wildman–Crippen LogP) is 2.83. The van der Waals surface area contributed by atoms with Crippen molar-refractivity contribution < 1.29 is 4.74 Å². The first kappa shape index (κ1) is 13.9. The van der Waals surface area contributed by atoms with E-state index in [9.17, 15) is 0 Å². The van der Waals surface area contributed by atoms with Gasteiger partial charge in [0.2, 0.25) is 0 Å². The van der Waals surface area contributed by atoms with Crippen molar-refractivity contribution in [3.05, 3.63) is 0 Å². The van der Waals surface area contributed by atoms with E-state index < -0.39 is 0 Å². The molecule has 0 saturated carbocycles. The summed E-state index contributed by atoms with van der Waals surface area (Å²) in [4.78, 5) is 0. The molecule has 0 unspecified atom stereocenters. The normalized spacial score (nSPS) is 11.6. The summed E-state index contributed by atoms with van der Waals surface area (Å²) in [6.45, 7) is 11.9. The van der Waals surface area contributed by atoms with Gasteiger partial charge in [-0.3, -0.25) is 0 Å². The zero-order valence-corrected chi connectivity index (χ0v) is 10.3. The molecular formula is C12H27NO. The van der Waals surface area contributed by atoms with Gasteiger partial charge >= 0.3 is 0 Å². The number of hydrogen-bond donors (Lipinski definition) is 1. The topological polar surface area (TPSA) is 21.3 Å². The smallest absolute Gasteiger partial charge is 0.0518 e. The zero-order valence-electron chi connectivity index (χ0n) is 10.3. The van der Waals surface area contributed by atoms with E-state index in [1.807, 2.05) is 0 Å². The first-order valence-corrected chi connectivity index (χ1v) is 5.95. The second kappa shape index (κ2) is 9.47. The fourth-order valence-corrected chi connectivity index (χ4v) is 1.24.